The van der Waals surface area contributed by atoms with E-state index in [2.05, 4.69) is 35.8 Å². The summed E-state index contributed by atoms with van der Waals surface area (Å²) in [5, 5.41) is 6.89. The lowest BCUT2D eigenvalue weighted by atomic mass is 10.1. The van der Waals surface area contributed by atoms with Crippen molar-refractivity contribution in [3.05, 3.63) is 29.3 Å². The largest absolute Gasteiger partial charge is 0.496 e. The van der Waals surface area contributed by atoms with Crippen LogP contribution < -0.4 is 15.4 Å². The van der Waals surface area contributed by atoms with Gasteiger partial charge in [-0.1, -0.05) is 19.1 Å². The van der Waals surface area contributed by atoms with E-state index in [1.165, 1.54) is 24.0 Å². The molecule has 0 radical (unpaired) electrons. The molecule has 1 fully saturated rings. The van der Waals surface area contributed by atoms with Gasteiger partial charge in [-0.15, -0.1) is 0 Å². The van der Waals surface area contributed by atoms with Crippen molar-refractivity contribution in [3.63, 3.8) is 0 Å². The van der Waals surface area contributed by atoms with Crippen LogP contribution in [0.4, 0.5) is 0 Å². The van der Waals surface area contributed by atoms with Crippen molar-refractivity contribution >= 4 is 0 Å². The van der Waals surface area contributed by atoms with E-state index < -0.39 is 0 Å². The minimum absolute atomic E-state index is 0.523. The van der Waals surface area contributed by atoms with Crippen molar-refractivity contribution < 1.29 is 4.74 Å². The Kier molecular flexibility index (Phi) is 4.83. The summed E-state index contributed by atoms with van der Waals surface area (Å²) in [5.74, 6) is 1.00. The maximum atomic E-state index is 5.36. The zero-order valence-corrected chi connectivity index (χ0v) is 12.4. The molecule has 0 heterocycles. The third kappa shape index (κ3) is 3.71. The second-order valence-electron chi connectivity index (χ2n) is 5.63. The van der Waals surface area contributed by atoms with Crippen LogP contribution in [-0.4, -0.2) is 27.2 Å². The van der Waals surface area contributed by atoms with Gasteiger partial charge in [0.2, 0.25) is 0 Å². The molecule has 1 aromatic carbocycles. The van der Waals surface area contributed by atoms with E-state index in [1.807, 2.05) is 7.05 Å². The van der Waals surface area contributed by atoms with Crippen LogP contribution in [0.2, 0.25) is 0 Å². The van der Waals surface area contributed by atoms with E-state index in [4.69, 9.17) is 4.74 Å². The van der Waals surface area contributed by atoms with E-state index in [0.29, 0.717) is 5.41 Å². The van der Waals surface area contributed by atoms with E-state index in [9.17, 15) is 0 Å². The Labute approximate surface area is 116 Å². The molecular weight excluding hydrogens is 236 g/mol. The normalized spacial score (nSPS) is 16.4. The van der Waals surface area contributed by atoms with Crippen LogP contribution in [-0.2, 0) is 13.0 Å². The zero-order chi connectivity index (χ0) is 13.7. The first kappa shape index (κ1) is 14.4. The van der Waals surface area contributed by atoms with E-state index >= 15 is 0 Å². The summed E-state index contributed by atoms with van der Waals surface area (Å²) >= 11 is 0. The molecule has 0 aliphatic heterocycles. The van der Waals surface area contributed by atoms with Crippen molar-refractivity contribution in [2.75, 3.05) is 27.2 Å². The molecule has 2 rings (SSSR count). The minimum atomic E-state index is 0.523. The van der Waals surface area contributed by atoms with Crippen LogP contribution in [0.3, 0.4) is 0 Å². The van der Waals surface area contributed by atoms with Crippen molar-refractivity contribution in [2.24, 2.45) is 5.41 Å². The molecule has 1 aromatic rings. The molecule has 0 spiro atoms. The van der Waals surface area contributed by atoms with Crippen LogP contribution in [0.1, 0.15) is 30.9 Å². The summed E-state index contributed by atoms with van der Waals surface area (Å²) in [6.07, 6.45) is 3.72. The average Bonchev–Trinajstić information content (AvgIpc) is 3.19. The second-order valence-corrected chi connectivity index (χ2v) is 5.63. The maximum absolute atomic E-state index is 5.36. The highest BCUT2D eigenvalue weighted by molar-refractivity contribution is 5.37. The number of nitrogens with one attached hydrogen (secondary N) is 2. The van der Waals surface area contributed by atoms with Crippen molar-refractivity contribution in [3.8, 4) is 5.75 Å². The highest BCUT2D eigenvalue weighted by Gasteiger charge is 2.41. The molecule has 1 saturated carbocycles. The average molecular weight is 262 g/mol. The van der Waals surface area contributed by atoms with Gasteiger partial charge in [0.25, 0.3) is 0 Å². The standard InChI is InChI=1S/C16H26N2O/c1-4-14-9-13(5-6-15(14)19-3)10-18-12-16(7-8-16)11-17-2/h5-6,9,17-18H,4,7-8,10-12H2,1-3H3. The van der Waals surface area contributed by atoms with Gasteiger partial charge < -0.3 is 15.4 Å². The predicted octanol–water partition coefficient (Wildman–Crippen LogP) is 2.35. The number of aryl methyl sites for hydroxylation is 1. The van der Waals surface area contributed by atoms with E-state index in [0.717, 1.165) is 31.8 Å². The zero-order valence-electron chi connectivity index (χ0n) is 12.4. The molecular formula is C16H26N2O. The Bertz CT molecular complexity index is 413. The lowest BCUT2D eigenvalue weighted by molar-refractivity contribution is 0.409. The van der Waals surface area contributed by atoms with Gasteiger partial charge in [-0.2, -0.15) is 0 Å². The van der Waals surface area contributed by atoms with Crippen molar-refractivity contribution in [2.45, 2.75) is 32.7 Å². The molecule has 3 nitrogen and oxygen atoms in total. The van der Waals surface area contributed by atoms with E-state index in [-0.39, 0.29) is 0 Å². The topological polar surface area (TPSA) is 33.3 Å². The highest BCUT2D eigenvalue weighted by atomic mass is 16.5. The maximum Gasteiger partial charge on any atom is 0.122 e. The number of methoxy groups -OCH3 is 1. The summed E-state index contributed by atoms with van der Waals surface area (Å²) in [7, 11) is 3.78. The Hall–Kier alpha value is -1.06. The molecule has 19 heavy (non-hydrogen) atoms. The highest BCUT2D eigenvalue weighted by Crippen LogP contribution is 2.44. The van der Waals surface area contributed by atoms with E-state index in [1.54, 1.807) is 7.11 Å². The summed E-state index contributed by atoms with van der Waals surface area (Å²) in [4.78, 5) is 0. The van der Waals surface area contributed by atoms with Crippen LogP contribution in [0, 0.1) is 5.41 Å². The second kappa shape index (κ2) is 6.40. The number of ether oxygens (including phenoxy) is 1. The first-order valence-corrected chi connectivity index (χ1v) is 7.24. The van der Waals surface area contributed by atoms with Gasteiger partial charge in [0.05, 0.1) is 7.11 Å². The summed E-state index contributed by atoms with van der Waals surface area (Å²) in [5.41, 5.74) is 3.16. The Morgan fingerprint density at radius 3 is 2.63 bits per heavy atom. The Morgan fingerprint density at radius 2 is 2.05 bits per heavy atom. The van der Waals surface area contributed by atoms with Gasteiger partial charge in [-0.3, -0.25) is 0 Å². The molecule has 0 amide bonds. The molecule has 2 N–H and O–H groups in total. The molecule has 106 valence electrons. The van der Waals surface area contributed by atoms with Crippen molar-refractivity contribution in [1.29, 1.82) is 0 Å². The predicted molar refractivity (Wildman–Crippen MR) is 79.7 cm³/mol. The van der Waals surface area contributed by atoms with Gasteiger partial charge in [-0.25, -0.2) is 0 Å². The van der Waals surface area contributed by atoms with Crippen LogP contribution in [0.25, 0.3) is 0 Å². The number of hydrogen-bond acceptors (Lipinski definition) is 3. The van der Waals surface area contributed by atoms with Gasteiger partial charge in [-0.05, 0) is 48.9 Å². The first-order chi connectivity index (χ1) is 9.23. The lowest BCUT2D eigenvalue weighted by Gasteiger charge is -2.16. The van der Waals surface area contributed by atoms with Crippen LogP contribution >= 0.6 is 0 Å². The fourth-order valence-electron chi connectivity index (χ4n) is 2.66. The number of hydrogen-bond donors (Lipinski definition) is 2. The molecule has 0 unspecified atom stereocenters. The quantitative estimate of drug-likeness (QED) is 0.754. The van der Waals surface area contributed by atoms with Crippen LogP contribution in [0.15, 0.2) is 18.2 Å². The van der Waals surface area contributed by atoms with Crippen molar-refractivity contribution in [1.82, 2.24) is 10.6 Å². The van der Waals surface area contributed by atoms with Crippen LogP contribution in [0.5, 0.6) is 5.75 Å². The number of rotatable bonds is 8. The monoisotopic (exact) mass is 262 g/mol. The van der Waals surface area contributed by atoms with Gasteiger partial charge in [0.15, 0.2) is 0 Å². The smallest absolute Gasteiger partial charge is 0.122 e. The summed E-state index contributed by atoms with van der Waals surface area (Å²) in [6, 6.07) is 6.49. The molecule has 1 aliphatic rings. The van der Waals surface area contributed by atoms with Gasteiger partial charge in [0, 0.05) is 19.6 Å². The minimum Gasteiger partial charge on any atom is -0.496 e. The van der Waals surface area contributed by atoms with Gasteiger partial charge in [0.1, 0.15) is 5.75 Å². The molecule has 0 aromatic heterocycles. The number of benzene rings is 1. The molecule has 0 atom stereocenters. The Morgan fingerprint density at radius 1 is 1.26 bits per heavy atom. The fraction of sp³-hybridized carbons (Fsp3) is 0.625. The Balaban J connectivity index is 1.86. The molecule has 1 aliphatic carbocycles. The summed E-state index contributed by atoms with van der Waals surface area (Å²) in [6.45, 7) is 5.35. The van der Waals surface area contributed by atoms with Gasteiger partial charge >= 0.3 is 0 Å². The third-order valence-electron chi connectivity index (χ3n) is 4.06. The SMILES string of the molecule is CCc1cc(CNCC2(CNC)CC2)ccc1OC. The molecule has 0 saturated heterocycles. The first-order valence-electron chi connectivity index (χ1n) is 7.24. The molecule has 3 heteroatoms. The summed E-state index contributed by atoms with van der Waals surface area (Å²) < 4.78 is 5.36. The fourth-order valence-corrected chi connectivity index (χ4v) is 2.66. The molecule has 0 bridgehead atoms. The third-order valence-corrected chi connectivity index (χ3v) is 4.06. The lowest BCUT2D eigenvalue weighted by Crippen LogP contribution is -2.31.